The SMILES string of the molecule is CCCOc1ccc(CCc2ccc3c(F)c(CCc4ccc(C(F)(F)F)c(F)c4)ccc3c2)cc1. The molecule has 1 nitrogen and oxygen atoms in total. The van der Waals surface area contributed by atoms with Crippen LogP contribution >= 0.6 is 0 Å². The van der Waals surface area contributed by atoms with E-state index in [1.54, 1.807) is 12.1 Å². The van der Waals surface area contributed by atoms with Crippen molar-refractivity contribution in [3.63, 3.8) is 0 Å². The van der Waals surface area contributed by atoms with Crippen molar-refractivity contribution in [2.24, 2.45) is 0 Å². The Morgan fingerprint density at radius 2 is 1.33 bits per heavy atom. The molecule has 4 aromatic rings. The van der Waals surface area contributed by atoms with Gasteiger partial charge in [-0.15, -0.1) is 0 Å². The van der Waals surface area contributed by atoms with Gasteiger partial charge >= 0.3 is 6.18 Å². The number of halogens is 5. The predicted octanol–water partition coefficient (Wildman–Crippen LogP) is 8.50. The summed E-state index contributed by atoms with van der Waals surface area (Å²) in [5.74, 6) is -0.803. The minimum atomic E-state index is -4.74. The molecule has 4 rings (SSSR count). The number of alkyl halides is 3. The Hall–Kier alpha value is -3.41. The highest BCUT2D eigenvalue weighted by Crippen LogP contribution is 2.32. The zero-order chi connectivity index (χ0) is 25.7. The van der Waals surface area contributed by atoms with Crippen LogP contribution in [0, 0.1) is 11.6 Å². The Balaban J connectivity index is 1.40. The van der Waals surface area contributed by atoms with E-state index in [9.17, 15) is 17.6 Å². The minimum Gasteiger partial charge on any atom is -0.494 e. The lowest BCUT2D eigenvalue weighted by Gasteiger charge is -2.11. The van der Waals surface area contributed by atoms with Crippen LogP contribution in [0.3, 0.4) is 0 Å². The van der Waals surface area contributed by atoms with Crippen molar-refractivity contribution in [3.8, 4) is 5.75 Å². The van der Waals surface area contributed by atoms with Crippen molar-refractivity contribution >= 4 is 10.8 Å². The maximum atomic E-state index is 15.1. The van der Waals surface area contributed by atoms with Gasteiger partial charge in [-0.1, -0.05) is 55.5 Å². The standard InChI is InChI=1S/C30H27F5O/c1-2-17-36-25-13-6-20(7-14-25)3-4-21-8-15-26-24(18-21)12-11-23(29(26)32)10-5-22-9-16-27(28(31)19-22)30(33,34)35/h6-9,11-16,18-19H,2-5,10,17H2,1H3. The van der Waals surface area contributed by atoms with Crippen molar-refractivity contribution in [2.75, 3.05) is 6.61 Å². The van der Waals surface area contributed by atoms with Crippen LogP contribution in [0.25, 0.3) is 10.8 Å². The summed E-state index contributed by atoms with van der Waals surface area (Å²) in [6.07, 6.45) is -1.62. The third kappa shape index (κ3) is 6.23. The van der Waals surface area contributed by atoms with E-state index >= 15 is 4.39 Å². The zero-order valence-corrected chi connectivity index (χ0v) is 20.0. The van der Waals surface area contributed by atoms with Crippen molar-refractivity contribution < 1.29 is 26.7 Å². The van der Waals surface area contributed by atoms with Crippen molar-refractivity contribution in [3.05, 3.63) is 112 Å². The first-order valence-electron chi connectivity index (χ1n) is 12.0. The molecule has 0 radical (unpaired) electrons. The van der Waals surface area contributed by atoms with Gasteiger partial charge in [0.2, 0.25) is 0 Å². The molecule has 0 bridgehead atoms. The van der Waals surface area contributed by atoms with E-state index in [1.165, 1.54) is 11.6 Å². The maximum absolute atomic E-state index is 15.1. The molecule has 0 atom stereocenters. The van der Waals surface area contributed by atoms with E-state index in [-0.39, 0.29) is 18.7 Å². The molecule has 0 N–H and O–H groups in total. The van der Waals surface area contributed by atoms with Gasteiger partial charge < -0.3 is 4.74 Å². The van der Waals surface area contributed by atoms with Gasteiger partial charge in [-0.25, -0.2) is 8.78 Å². The molecule has 0 amide bonds. The number of benzene rings is 4. The third-order valence-electron chi connectivity index (χ3n) is 6.22. The van der Waals surface area contributed by atoms with Gasteiger partial charge in [-0.2, -0.15) is 13.2 Å². The molecule has 0 aliphatic rings. The second kappa shape index (κ2) is 11.1. The smallest absolute Gasteiger partial charge is 0.419 e. The van der Waals surface area contributed by atoms with Crippen molar-refractivity contribution in [2.45, 2.75) is 45.2 Å². The van der Waals surface area contributed by atoms with E-state index in [4.69, 9.17) is 4.74 Å². The molecular formula is C30H27F5O. The van der Waals surface area contributed by atoms with Crippen LogP contribution in [0.5, 0.6) is 5.75 Å². The summed E-state index contributed by atoms with van der Waals surface area (Å²) >= 11 is 0. The number of hydrogen-bond acceptors (Lipinski definition) is 1. The van der Waals surface area contributed by atoms with Crippen LogP contribution in [0.1, 0.15) is 41.2 Å². The van der Waals surface area contributed by atoms with E-state index in [1.807, 2.05) is 30.3 Å². The highest BCUT2D eigenvalue weighted by molar-refractivity contribution is 5.84. The van der Waals surface area contributed by atoms with Crippen LogP contribution in [0.15, 0.2) is 72.8 Å². The Kier molecular flexibility index (Phi) is 7.92. The number of hydrogen-bond donors (Lipinski definition) is 0. The highest BCUT2D eigenvalue weighted by atomic mass is 19.4. The zero-order valence-electron chi connectivity index (χ0n) is 20.0. The minimum absolute atomic E-state index is 0.234. The van der Waals surface area contributed by atoms with Crippen molar-refractivity contribution in [1.82, 2.24) is 0 Å². The number of fused-ring (bicyclic) bond motifs is 1. The molecule has 0 fully saturated rings. The topological polar surface area (TPSA) is 9.23 Å². The molecule has 0 saturated carbocycles. The van der Waals surface area contributed by atoms with Gasteiger partial charge in [0.05, 0.1) is 12.2 Å². The first kappa shape index (κ1) is 25.7. The Morgan fingerprint density at radius 1 is 0.694 bits per heavy atom. The van der Waals surface area contributed by atoms with Gasteiger partial charge in [0, 0.05) is 5.39 Å². The van der Waals surface area contributed by atoms with Crippen LogP contribution in [0.2, 0.25) is 0 Å². The molecule has 4 aromatic carbocycles. The van der Waals surface area contributed by atoms with E-state index < -0.39 is 17.6 Å². The maximum Gasteiger partial charge on any atom is 0.419 e. The van der Waals surface area contributed by atoms with Crippen molar-refractivity contribution in [1.29, 1.82) is 0 Å². The second-order valence-corrected chi connectivity index (χ2v) is 8.90. The summed E-state index contributed by atoms with van der Waals surface area (Å²) in [4.78, 5) is 0. The molecule has 0 unspecified atom stereocenters. The Morgan fingerprint density at radius 3 is 2.03 bits per heavy atom. The Bertz CT molecular complexity index is 1330. The molecule has 188 valence electrons. The summed E-state index contributed by atoms with van der Waals surface area (Å²) < 4.78 is 72.8. The summed E-state index contributed by atoms with van der Waals surface area (Å²) in [7, 11) is 0. The summed E-state index contributed by atoms with van der Waals surface area (Å²) in [6.45, 7) is 2.76. The van der Waals surface area contributed by atoms with Crippen LogP contribution in [0.4, 0.5) is 22.0 Å². The van der Waals surface area contributed by atoms with Gasteiger partial charge in [0.15, 0.2) is 0 Å². The van der Waals surface area contributed by atoms with Crippen LogP contribution < -0.4 is 4.74 Å². The fourth-order valence-corrected chi connectivity index (χ4v) is 4.22. The second-order valence-electron chi connectivity index (χ2n) is 8.90. The summed E-state index contributed by atoms with van der Waals surface area (Å²) in [5, 5.41) is 1.28. The molecule has 6 heteroatoms. The molecule has 0 aliphatic heterocycles. The molecule has 0 heterocycles. The largest absolute Gasteiger partial charge is 0.494 e. The first-order valence-corrected chi connectivity index (χ1v) is 12.0. The van der Waals surface area contributed by atoms with E-state index in [0.29, 0.717) is 23.1 Å². The van der Waals surface area contributed by atoms with Crippen LogP contribution in [-0.4, -0.2) is 6.61 Å². The van der Waals surface area contributed by atoms with Gasteiger partial charge in [-0.05, 0) is 84.0 Å². The normalized spacial score (nSPS) is 11.7. The number of aryl methyl sites for hydroxylation is 4. The lowest BCUT2D eigenvalue weighted by molar-refractivity contribution is -0.140. The number of ether oxygens (including phenoxy) is 1. The quantitative estimate of drug-likeness (QED) is 0.210. The first-order chi connectivity index (χ1) is 17.2. The van der Waals surface area contributed by atoms with Gasteiger partial charge in [0.1, 0.15) is 17.4 Å². The predicted molar refractivity (Wildman–Crippen MR) is 132 cm³/mol. The summed E-state index contributed by atoms with van der Waals surface area (Å²) in [6, 6.07) is 20.1. The lowest BCUT2D eigenvalue weighted by Crippen LogP contribution is -2.08. The average Bonchev–Trinajstić information content (AvgIpc) is 2.85. The van der Waals surface area contributed by atoms with Gasteiger partial charge in [0.25, 0.3) is 0 Å². The molecule has 0 aromatic heterocycles. The number of rotatable bonds is 9. The monoisotopic (exact) mass is 498 g/mol. The molecule has 0 aliphatic carbocycles. The highest BCUT2D eigenvalue weighted by Gasteiger charge is 2.33. The third-order valence-corrected chi connectivity index (χ3v) is 6.22. The average molecular weight is 499 g/mol. The van der Waals surface area contributed by atoms with Gasteiger partial charge in [-0.3, -0.25) is 0 Å². The molecular weight excluding hydrogens is 471 g/mol. The fourth-order valence-electron chi connectivity index (χ4n) is 4.22. The molecule has 0 spiro atoms. The Labute approximate surface area is 207 Å². The van der Waals surface area contributed by atoms with E-state index in [2.05, 4.69) is 19.1 Å². The summed E-state index contributed by atoms with van der Waals surface area (Å²) in [5.41, 5.74) is 1.83. The lowest BCUT2D eigenvalue weighted by atomic mass is 9.97. The molecule has 0 saturated heterocycles. The van der Waals surface area contributed by atoms with Crippen LogP contribution in [-0.2, 0) is 31.9 Å². The fraction of sp³-hybridized carbons (Fsp3) is 0.267. The molecule has 36 heavy (non-hydrogen) atoms. The van der Waals surface area contributed by atoms with E-state index in [0.717, 1.165) is 48.1 Å².